The number of carbonyl (C=O) groups is 1. The van der Waals surface area contributed by atoms with Crippen molar-refractivity contribution in [2.24, 2.45) is 11.7 Å². The van der Waals surface area contributed by atoms with Crippen LogP contribution in [0.2, 0.25) is 0 Å². The number of carbonyl (C=O) groups excluding carboxylic acids is 1. The Morgan fingerprint density at radius 3 is 2.83 bits per heavy atom. The molecule has 0 bridgehead atoms. The normalized spacial score (nSPS) is 28.5. The Bertz CT molecular complexity index is 523. The molecule has 2 aliphatic rings. The molecule has 3 N–H and O–H groups in total. The van der Waals surface area contributed by atoms with Gasteiger partial charge in [0.15, 0.2) is 0 Å². The molecule has 1 aliphatic heterocycles. The van der Waals surface area contributed by atoms with Crippen LogP contribution in [0.5, 0.6) is 0 Å². The van der Waals surface area contributed by atoms with Gasteiger partial charge >= 0.3 is 0 Å². The van der Waals surface area contributed by atoms with Crippen LogP contribution in [0.4, 0.5) is 0 Å². The molecule has 3 unspecified atom stereocenters. The van der Waals surface area contributed by atoms with Crippen molar-refractivity contribution in [1.82, 2.24) is 10.2 Å². The number of ether oxygens (including phenoxy) is 1. The second-order valence-corrected chi connectivity index (χ2v) is 6.98. The predicted molar refractivity (Wildman–Crippen MR) is 94.4 cm³/mol. The molecule has 1 saturated carbocycles. The zero-order chi connectivity index (χ0) is 16.8. The van der Waals surface area contributed by atoms with E-state index in [9.17, 15) is 4.79 Å². The lowest BCUT2D eigenvalue weighted by molar-refractivity contribution is -0.140. The van der Waals surface area contributed by atoms with Gasteiger partial charge in [-0.05, 0) is 30.9 Å². The van der Waals surface area contributed by atoms with Crippen LogP contribution in [-0.4, -0.2) is 49.2 Å². The van der Waals surface area contributed by atoms with Crippen molar-refractivity contribution in [1.29, 1.82) is 0 Å². The fraction of sp³-hybridized carbons (Fsp3) is 0.632. The summed E-state index contributed by atoms with van der Waals surface area (Å²) in [7, 11) is 0. The highest BCUT2D eigenvalue weighted by Gasteiger charge is 2.31. The molecule has 1 aromatic rings. The van der Waals surface area contributed by atoms with E-state index in [2.05, 4.69) is 34.5 Å². The van der Waals surface area contributed by atoms with E-state index >= 15 is 0 Å². The van der Waals surface area contributed by atoms with Gasteiger partial charge in [-0.15, -0.1) is 0 Å². The molecule has 3 atom stereocenters. The largest absolute Gasteiger partial charge is 0.366 e. The van der Waals surface area contributed by atoms with E-state index in [1.165, 1.54) is 18.4 Å². The second-order valence-electron chi connectivity index (χ2n) is 6.98. The Hall–Kier alpha value is -1.43. The van der Waals surface area contributed by atoms with Gasteiger partial charge in [0.05, 0.1) is 6.61 Å². The minimum Gasteiger partial charge on any atom is -0.366 e. The third kappa shape index (κ3) is 4.56. The number of nitrogens with one attached hydrogen (secondary N) is 1. The first kappa shape index (κ1) is 17.4. The van der Waals surface area contributed by atoms with Gasteiger partial charge in [0.2, 0.25) is 0 Å². The SMILES string of the molecule is NCC1CCCCC1NC(=O)C1CN(Cc2ccccc2)CCO1. The lowest BCUT2D eigenvalue weighted by Gasteiger charge is -2.35. The van der Waals surface area contributed by atoms with Gasteiger partial charge in [-0.1, -0.05) is 43.2 Å². The first-order chi connectivity index (χ1) is 11.8. The molecular formula is C19H29N3O2. The number of rotatable bonds is 5. The molecule has 24 heavy (non-hydrogen) atoms. The van der Waals surface area contributed by atoms with Crippen LogP contribution < -0.4 is 11.1 Å². The average Bonchev–Trinajstić information content (AvgIpc) is 2.63. The van der Waals surface area contributed by atoms with Crippen LogP contribution in [0, 0.1) is 5.92 Å². The van der Waals surface area contributed by atoms with E-state index in [4.69, 9.17) is 10.5 Å². The number of amides is 1. The number of benzene rings is 1. The van der Waals surface area contributed by atoms with Gasteiger partial charge in [0.1, 0.15) is 6.10 Å². The fourth-order valence-corrected chi connectivity index (χ4v) is 3.80. The van der Waals surface area contributed by atoms with E-state index in [0.29, 0.717) is 25.6 Å². The second kappa shape index (κ2) is 8.60. The summed E-state index contributed by atoms with van der Waals surface area (Å²) in [5.41, 5.74) is 7.14. The summed E-state index contributed by atoms with van der Waals surface area (Å²) in [4.78, 5) is 14.9. The topological polar surface area (TPSA) is 67.6 Å². The number of hydrogen-bond acceptors (Lipinski definition) is 4. The Kier molecular flexibility index (Phi) is 6.24. The monoisotopic (exact) mass is 331 g/mol. The van der Waals surface area contributed by atoms with Gasteiger partial charge in [0, 0.05) is 25.7 Å². The van der Waals surface area contributed by atoms with Crippen molar-refractivity contribution in [3.8, 4) is 0 Å². The van der Waals surface area contributed by atoms with Crippen LogP contribution >= 0.6 is 0 Å². The van der Waals surface area contributed by atoms with Crippen molar-refractivity contribution in [2.75, 3.05) is 26.2 Å². The quantitative estimate of drug-likeness (QED) is 0.858. The Morgan fingerprint density at radius 2 is 2.04 bits per heavy atom. The highest BCUT2D eigenvalue weighted by molar-refractivity contribution is 5.81. The molecule has 0 spiro atoms. The van der Waals surface area contributed by atoms with Gasteiger partial charge in [-0.25, -0.2) is 0 Å². The first-order valence-electron chi connectivity index (χ1n) is 9.14. The van der Waals surface area contributed by atoms with E-state index in [1.807, 2.05) is 6.07 Å². The molecule has 132 valence electrons. The maximum atomic E-state index is 12.6. The summed E-state index contributed by atoms with van der Waals surface area (Å²) in [5.74, 6) is 0.435. The third-order valence-electron chi connectivity index (χ3n) is 5.23. The third-order valence-corrected chi connectivity index (χ3v) is 5.23. The van der Waals surface area contributed by atoms with E-state index in [-0.39, 0.29) is 18.1 Å². The Morgan fingerprint density at radius 1 is 1.25 bits per heavy atom. The van der Waals surface area contributed by atoms with Gasteiger partial charge in [-0.3, -0.25) is 9.69 Å². The van der Waals surface area contributed by atoms with Crippen LogP contribution in [-0.2, 0) is 16.1 Å². The smallest absolute Gasteiger partial charge is 0.250 e. The zero-order valence-corrected chi connectivity index (χ0v) is 14.3. The summed E-state index contributed by atoms with van der Waals surface area (Å²) in [6.45, 7) is 3.64. The average molecular weight is 331 g/mol. The standard InChI is InChI=1S/C19H29N3O2/c20-12-16-8-4-5-9-17(16)21-19(23)18-14-22(10-11-24-18)13-15-6-2-1-3-7-15/h1-3,6-7,16-18H,4-5,8-14,20H2,(H,21,23). The predicted octanol–water partition coefficient (Wildman–Crippen LogP) is 1.52. The Labute approximate surface area is 144 Å². The van der Waals surface area contributed by atoms with Crippen molar-refractivity contribution in [3.05, 3.63) is 35.9 Å². The highest BCUT2D eigenvalue weighted by atomic mass is 16.5. The van der Waals surface area contributed by atoms with E-state index in [1.54, 1.807) is 0 Å². The molecule has 5 nitrogen and oxygen atoms in total. The minimum absolute atomic E-state index is 0.0260. The van der Waals surface area contributed by atoms with Crippen molar-refractivity contribution in [2.45, 2.75) is 44.4 Å². The lowest BCUT2D eigenvalue weighted by Crippen LogP contribution is -2.53. The molecule has 2 fully saturated rings. The summed E-state index contributed by atoms with van der Waals surface area (Å²) in [6, 6.07) is 10.6. The minimum atomic E-state index is -0.372. The molecule has 1 heterocycles. The summed E-state index contributed by atoms with van der Waals surface area (Å²) < 4.78 is 5.73. The summed E-state index contributed by atoms with van der Waals surface area (Å²) >= 11 is 0. The molecule has 1 saturated heterocycles. The van der Waals surface area contributed by atoms with Crippen molar-refractivity contribution < 1.29 is 9.53 Å². The first-order valence-corrected chi connectivity index (χ1v) is 9.14. The summed E-state index contributed by atoms with van der Waals surface area (Å²) in [5, 5.41) is 3.20. The lowest BCUT2D eigenvalue weighted by atomic mass is 9.84. The molecule has 5 heteroatoms. The van der Waals surface area contributed by atoms with Crippen LogP contribution in [0.3, 0.4) is 0 Å². The van der Waals surface area contributed by atoms with Crippen LogP contribution in [0.1, 0.15) is 31.2 Å². The van der Waals surface area contributed by atoms with Crippen LogP contribution in [0.25, 0.3) is 0 Å². The van der Waals surface area contributed by atoms with Crippen molar-refractivity contribution in [3.63, 3.8) is 0 Å². The molecular weight excluding hydrogens is 302 g/mol. The zero-order valence-electron chi connectivity index (χ0n) is 14.3. The fourth-order valence-electron chi connectivity index (χ4n) is 3.80. The Balaban J connectivity index is 1.53. The van der Waals surface area contributed by atoms with E-state index < -0.39 is 0 Å². The number of morpholine rings is 1. The maximum Gasteiger partial charge on any atom is 0.250 e. The molecule has 1 aromatic carbocycles. The van der Waals surface area contributed by atoms with E-state index in [0.717, 1.165) is 25.9 Å². The number of nitrogens with zero attached hydrogens (tertiary/aromatic N) is 1. The number of hydrogen-bond donors (Lipinski definition) is 2. The maximum absolute atomic E-state index is 12.6. The highest BCUT2D eigenvalue weighted by Crippen LogP contribution is 2.24. The molecule has 0 radical (unpaired) electrons. The molecule has 3 rings (SSSR count). The number of nitrogens with two attached hydrogens (primary N) is 1. The summed E-state index contributed by atoms with van der Waals surface area (Å²) in [6.07, 6.45) is 4.18. The van der Waals surface area contributed by atoms with Gasteiger partial charge in [0.25, 0.3) is 5.91 Å². The van der Waals surface area contributed by atoms with Crippen LogP contribution in [0.15, 0.2) is 30.3 Å². The molecule has 0 aromatic heterocycles. The van der Waals surface area contributed by atoms with Crippen molar-refractivity contribution >= 4 is 5.91 Å². The molecule has 1 amide bonds. The molecule has 1 aliphatic carbocycles. The van der Waals surface area contributed by atoms with Gasteiger partial charge < -0.3 is 15.8 Å². The van der Waals surface area contributed by atoms with Gasteiger partial charge in [-0.2, -0.15) is 0 Å².